The van der Waals surface area contributed by atoms with Crippen molar-refractivity contribution in [1.29, 1.82) is 0 Å². The number of hydrogen-bond acceptors (Lipinski definition) is 2. The summed E-state index contributed by atoms with van der Waals surface area (Å²) in [7, 11) is 0. The van der Waals surface area contributed by atoms with Gasteiger partial charge in [0.2, 0.25) is 0 Å². The van der Waals surface area contributed by atoms with Crippen molar-refractivity contribution >= 4 is 12.1 Å². The highest BCUT2D eigenvalue weighted by Crippen LogP contribution is 2.45. The minimum absolute atomic E-state index is 0.122. The van der Waals surface area contributed by atoms with Crippen LogP contribution in [-0.2, 0) is 9.59 Å². The summed E-state index contributed by atoms with van der Waals surface area (Å²) in [6, 6.07) is 0. The molecule has 2 rings (SSSR count). The SMILES string of the molecule is CC1=C2C[C@H]([C@@H](C)C=O)CC[C@@H](C)[C@H]2CC1=O. The molecule has 0 N–H and O–H groups in total. The second-order valence-corrected chi connectivity index (χ2v) is 5.90. The highest BCUT2D eigenvalue weighted by molar-refractivity contribution is 5.98. The molecule has 2 aliphatic carbocycles. The quantitative estimate of drug-likeness (QED) is 0.688. The third kappa shape index (κ3) is 2.22. The van der Waals surface area contributed by atoms with Crippen LogP contribution in [0.2, 0.25) is 0 Å². The van der Waals surface area contributed by atoms with Gasteiger partial charge in [-0.3, -0.25) is 4.79 Å². The summed E-state index contributed by atoms with van der Waals surface area (Å²) in [6.45, 7) is 6.23. The van der Waals surface area contributed by atoms with Gasteiger partial charge in [-0.1, -0.05) is 19.4 Å². The average Bonchev–Trinajstić information content (AvgIpc) is 2.50. The van der Waals surface area contributed by atoms with Gasteiger partial charge in [0.15, 0.2) is 5.78 Å². The van der Waals surface area contributed by atoms with E-state index in [1.807, 2.05) is 13.8 Å². The molecule has 0 saturated heterocycles. The van der Waals surface area contributed by atoms with Crippen molar-refractivity contribution in [3.63, 3.8) is 0 Å². The van der Waals surface area contributed by atoms with Crippen LogP contribution in [0.15, 0.2) is 11.1 Å². The van der Waals surface area contributed by atoms with Gasteiger partial charge in [0.1, 0.15) is 6.29 Å². The highest BCUT2D eigenvalue weighted by atomic mass is 16.1. The molecule has 2 aliphatic rings. The molecule has 0 unspecified atom stereocenters. The van der Waals surface area contributed by atoms with Crippen LogP contribution in [0.3, 0.4) is 0 Å². The fourth-order valence-electron chi connectivity index (χ4n) is 3.40. The van der Waals surface area contributed by atoms with Gasteiger partial charge < -0.3 is 4.79 Å². The molecule has 0 heterocycles. The molecular weight excluding hydrogens is 212 g/mol. The summed E-state index contributed by atoms with van der Waals surface area (Å²) in [6.07, 6.45) is 5.03. The van der Waals surface area contributed by atoms with E-state index in [2.05, 4.69) is 6.92 Å². The van der Waals surface area contributed by atoms with Crippen LogP contribution in [0.5, 0.6) is 0 Å². The molecule has 0 spiro atoms. The summed E-state index contributed by atoms with van der Waals surface area (Å²) in [5.74, 6) is 1.95. The first-order valence-corrected chi connectivity index (χ1v) is 6.72. The molecule has 0 aromatic rings. The van der Waals surface area contributed by atoms with E-state index in [1.54, 1.807) is 0 Å². The van der Waals surface area contributed by atoms with Crippen LogP contribution in [0.1, 0.15) is 46.5 Å². The second kappa shape index (κ2) is 4.75. The Bertz CT molecular complexity index is 367. The van der Waals surface area contributed by atoms with E-state index in [-0.39, 0.29) is 5.92 Å². The molecule has 0 amide bonds. The molecule has 0 aromatic heterocycles. The monoisotopic (exact) mass is 234 g/mol. The van der Waals surface area contributed by atoms with Gasteiger partial charge in [-0.15, -0.1) is 0 Å². The van der Waals surface area contributed by atoms with Crippen LogP contribution in [-0.4, -0.2) is 12.1 Å². The van der Waals surface area contributed by atoms with Crippen molar-refractivity contribution in [3.05, 3.63) is 11.1 Å². The first-order chi connectivity index (χ1) is 8.04. The van der Waals surface area contributed by atoms with E-state index < -0.39 is 0 Å². The third-order valence-corrected chi connectivity index (χ3v) is 4.87. The molecule has 0 aliphatic heterocycles. The third-order valence-electron chi connectivity index (χ3n) is 4.87. The van der Waals surface area contributed by atoms with E-state index in [1.165, 1.54) is 5.57 Å². The highest BCUT2D eigenvalue weighted by Gasteiger charge is 2.37. The minimum atomic E-state index is 0.122. The van der Waals surface area contributed by atoms with Gasteiger partial charge in [0.05, 0.1) is 0 Å². The Hall–Kier alpha value is -0.920. The van der Waals surface area contributed by atoms with Gasteiger partial charge in [0.25, 0.3) is 0 Å². The summed E-state index contributed by atoms with van der Waals surface area (Å²) in [5.41, 5.74) is 2.35. The van der Waals surface area contributed by atoms with Crippen molar-refractivity contribution < 1.29 is 9.59 Å². The normalized spacial score (nSPS) is 35.5. The van der Waals surface area contributed by atoms with Crippen molar-refractivity contribution in [3.8, 4) is 0 Å². The first kappa shape index (κ1) is 12.5. The number of carbonyl (C=O) groups is 2. The predicted octanol–water partition coefficient (Wildman–Crippen LogP) is 3.16. The molecule has 0 bridgehead atoms. The van der Waals surface area contributed by atoms with Crippen molar-refractivity contribution in [2.45, 2.75) is 46.5 Å². The molecular formula is C15H22O2. The van der Waals surface area contributed by atoms with Crippen molar-refractivity contribution in [2.24, 2.45) is 23.7 Å². The second-order valence-electron chi connectivity index (χ2n) is 5.90. The zero-order chi connectivity index (χ0) is 12.6. The standard InChI is InChI=1S/C15H22O2/c1-9-4-5-12(10(2)8-16)6-14-11(3)15(17)7-13(9)14/h8-10,12-13H,4-7H2,1-3H3/t9-,10+,12-,13-/m1/s1. The number of hydrogen-bond donors (Lipinski definition) is 0. The number of aldehydes is 1. The zero-order valence-electron chi connectivity index (χ0n) is 11.0. The van der Waals surface area contributed by atoms with Gasteiger partial charge in [-0.2, -0.15) is 0 Å². The van der Waals surface area contributed by atoms with Crippen molar-refractivity contribution in [2.75, 3.05) is 0 Å². The maximum absolute atomic E-state index is 11.8. The Morgan fingerprint density at radius 1 is 1.29 bits per heavy atom. The summed E-state index contributed by atoms with van der Waals surface area (Å²) < 4.78 is 0. The molecule has 0 radical (unpaired) electrons. The summed E-state index contributed by atoms with van der Waals surface area (Å²) >= 11 is 0. The Labute approximate surface area is 103 Å². The van der Waals surface area contributed by atoms with E-state index >= 15 is 0 Å². The lowest BCUT2D eigenvalue weighted by Gasteiger charge is -2.19. The Balaban J connectivity index is 2.27. The molecule has 1 saturated carbocycles. The molecule has 2 heteroatoms. The predicted molar refractivity (Wildman–Crippen MR) is 67.5 cm³/mol. The molecule has 0 aromatic carbocycles. The number of rotatable bonds is 2. The maximum atomic E-state index is 11.8. The average molecular weight is 234 g/mol. The van der Waals surface area contributed by atoms with Crippen molar-refractivity contribution in [1.82, 2.24) is 0 Å². The largest absolute Gasteiger partial charge is 0.303 e. The fraction of sp³-hybridized carbons (Fsp3) is 0.733. The smallest absolute Gasteiger partial charge is 0.159 e. The lowest BCUT2D eigenvalue weighted by atomic mass is 9.85. The van der Waals surface area contributed by atoms with Crippen LogP contribution in [0.4, 0.5) is 0 Å². The summed E-state index contributed by atoms with van der Waals surface area (Å²) in [5, 5.41) is 0. The number of carbonyl (C=O) groups excluding carboxylic acids is 2. The number of allylic oxidation sites excluding steroid dienone is 2. The Morgan fingerprint density at radius 2 is 2.00 bits per heavy atom. The number of Topliss-reactive ketones (excluding diaryl/α,β-unsaturated/α-hetero) is 1. The topological polar surface area (TPSA) is 34.1 Å². The van der Waals surface area contributed by atoms with E-state index in [0.717, 1.165) is 31.1 Å². The number of fused-ring (bicyclic) bond motifs is 1. The Morgan fingerprint density at radius 3 is 2.65 bits per heavy atom. The molecule has 2 nitrogen and oxygen atoms in total. The van der Waals surface area contributed by atoms with Crippen LogP contribution < -0.4 is 0 Å². The Kier molecular flexibility index (Phi) is 3.50. The van der Waals surface area contributed by atoms with Gasteiger partial charge >= 0.3 is 0 Å². The fourth-order valence-corrected chi connectivity index (χ4v) is 3.40. The summed E-state index contributed by atoms with van der Waals surface area (Å²) in [4.78, 5) is 22.8. The van der Waals surface area contributed by atoms with Crippen LogP contribution in [0, 0.1) is 23.7 Å². The van der Waals surface area contributed by atoms with E-state index in [4.69, 9.17) is 0 Å². The first-order valence-electron chi connectivity index (χ1n) is 6.72. The number of ketones is 1. The van der Waals surface area contributed by atoms with Gasteiger partial charge in [0, 0.05) is 12.3 Å². The minimum Gasteiger partial charge on any atom is -0.303 e. The molecule has 1 fully saturated rings. The molecule has 4 atom stereocenters. The lowest BCUT2D eigenvalue weighted by Crippen LogP contribution is -2.13. The van der Waals surface area contributed by atoms with Gasteiger partial charge in [-0.05, 0) is 49.5 Å². The van der Waals surface area contributed by atoms with Crippen LogP contribution >= 0.6 is 0 Å². The zero-order valence-corrected chi connectivity index (χ0v) is 11.0. The van der Waals surface area contributed by atoms with Gasteiger partial charge in [-0.25, -0.2) is 0 Å². The van der Waals surface area contributed by atoms with Crippen LogP contribution in [0.25, 0.3) is 0 Å². The lowest BCUT2D eigenvalue weighted by molar-refractivity contribution is -0.115. The maximum Gasteiger partial charge on any atom is 0.159 e. The molecule has 94 valence electrons. The molecule has 17 heavy (non-hydrogen) atoms. The van der Waals surface area contributed by atoms with E-state index in [9.17, 15) is 9.59 Å². The van der Waals surface area contributed by atoms with E-state index in [0.29, 0.717) is 30.0 Å².